The van der Waals surface area contributed by atoms with Crippen molar-refractivity contribution in [1.29, 1.82) is 0 Å². The van der Waals surface area contributed by atoms with Crippen LogP contribution in [0.25, 0.3) is 0 Å². The molecule has 0 radical (unpaired) electrons. The first kappa shape index (κ1) is 60.1. The molecule has 0 aliphatic carbocycles. The van der Waals surface area contributed by atoms with Crippen LogP contribution < -0.4 is 29.5 Å². The zero-order valence-electron chi connectivity index (χ0n) is 45.8. The van der Waals surface area contributed by atoms with Crippen LogP contribution in [0.15, 0.2) is 82.6 Å². The van der Waals surface area contributed by atoms with Crippen LogP contribution in [0, 0.1) is 27.7 Å². The number of amides is 1. The van der Waals surface area contributed by atoms with Crippen molar-refractivity contribution in [3.63, 3.8) is 0 Å². The average molecular weight is 1050 g/mol. The Morgan fingerprint density at radius 3 is 1.33 bits per heavy atom. The number of carbonyl (C=O) groups is 2. The summed E-state index contributed by atoms with van der Waals surface area (Å²) in [6.07, 6.45) is 4.89. The van der Waals surface area contributed by atoms with Gasteiger partial charge in [0.15, 0.2) is 0 Å². The van der Waals surface area contributed by atoms with Gasteiger partial charge in [-0.15, -0.1) is 0 Å². The second kappa shape index (κ2) is 27.7. The van der Waals surface area contributed by atoms with Crippen molar-refractivity contribution < 1.29 is 40.6 Å². The van der Waals surface area contributed by atoms with Gasteiger partial charge >= 0.3 is 0 Å². The molecule has 1 amide bonds. The molecular weight excluding hydrogens is 969 g/mol. The molecule has 19 heteroatoms. The molecule has 4 aromatic carbocycles. The van der Waals surface area contributed by atoms with Gasteiger partial charge in [-0.1, -0.05) is 0 Å². The Morgan fingerprint density at radius 2 is 0.986 bits per heavy atom. The summed E-state index contributed by atoms with van der Waals surface area (Å²) >= 11 is 0. The number of rotatable bonds is 19. The van der Waals surface area contributed by atoms with Crippen LogP contribution in [-0.4, -0.2) is 176 Å². The molecule has 2 aliphatic rings. The van der Waals surface area contributed by atoms with Crippen LogP contribution in [0.1, 0.15) is 54.4 Å². The largest absolute Gasteiger partial charge is 0.497 e. The van der Waals surface area contributed by atoms with Gasteiger partial charge in [0.1, 0.15) is 18.1 Å². The zero-order chi connectivity index (χ0) is 54.2. The van der Waals surface area contributed by atoms with Crippen LogP contribution in [0.2, 0.25) is 0 Å². The Hall–Kier alpha value is -5.44. The van der Waals surface area contributed by atoms with Crippen molar-refractivity contribution in [2.45, 2.75) is 81.7 Å². The summed E-state index contributed by atoms with van der Waals surface area (Å²) < 4.78 is 68.8. The molecule has 17 nitrogen and oxygen atoms in total. The zero-order valence-corrected chi connectivity index (χ0v) is 47.4. The highest BCUT2D eigenvalue weighted by molar-refractivity contribution is 7.89. The molecule has 2 fully saturated rings. The van der Waals surface area contributed by atoms with E-state index >= 15 is 0 Å². The molecular formula is C54H82N8O9S2. The van der Waals surface area contributed by atoms with Crippen LogP contribution in [0.4, 0.5) is 22.7 Å². The molecule has 4 aromatic rings. The second-order valence-electron chi connectivity index (χ2n) is 19.2. The van der Waals surface area contributed by atoms with E-state index in [1.165, 1.54) is 62.8 Å². The highest BCUT2D eigenvalue weighted by Crippen LogP contribution is 2.30. The number of aryl methyl sites for hydroxylation is 4. The van der Waals surface area contributed by atoms with Gasteiger partial charge in [0.05, 0.1) is 24.0 Å². The van der Waals surface area contributed by atoms with Gasteiger partial charge in [0.25, 0.3) is 6.47 Å². The van der Waals surface area contributed by atoms with Crippen LogP contribution in [-0.2, 0) is 34.4 Å². The maximum absolute atomic E-state index is 13.2. The number of methoxy groups -OCH3 is 2. The van der Waals surface area contributed by atoms with Gasteiger partial charge in [0.2, 0.25) is 26.0 Å². The Balaban J connectivity index is 0.000000262. The lowest BCUT2D eigenvalue weighted by Crippen LogP contribution is -2.42. The van der Waals surface area contributed by atoms with E-state index in [1.807, 2.05) is 19.2 Å². The predicted molar refractivity (Wildman–Crippen MR) is 295 cm³/mol. The fourth-order valence-electron chi connectivity index (χ4n) is 9.22. The summed E-state index contributed by atoms with van der Waals surface area (Å²) in [5.74, 6) is 1.10. The predicted octanol–water partition coefficient (Wildman–Crippen LogP) is 6.88. The molecule has 2 saturated heterocycles. The molecule has 2 heterocycles. The number of hydrogen-bond acceptors (Lipinski definition) is 14. The minimum absolute atomic E-state index is 0.0213. The van der Waals surface area contributed by atoms with E-state index in [0.717, 1.165) is 47.7 Å². The smallest absolute Gasteiger partial charge is 0.293 e. The first-order valence-electron chi connectivity index (χ1n) is 24.8. The maximum Gasteiger partial charge on any atom is 0.293 e. The SMILES string of the molecule is CNc1ccc(N2CCC(N(C)C)CC2)cc1.COc1cc(C)c(S(=O)(=O)N(C)CCC(=O)N(C)c2ccc(N3CCC(N(C)C)CC3)cc2)c(C)c1.COc1cc(C)c(S(=O)(=O)N(C)CCOC=O)c(C)c1. The van der Waals surface area contributed by atoms with Gasteiger partial charge in [-0.3, -0.25) is 9.59 Å². The van der Waals surface area contributed by atoms with Crippen molar-refractivity contribution in [2.75, 3.05) is 136 Å². The average Bonchev–Trinajstić information content (AvgIpc) is 3.37. The normalized spacial score (nSPS) is 14.6. The van der Waals surface area contributed by atoms with E-state index in [0.29, 0.717) is 46.3 Å². The van der Waals surface area contributed by atoms with Crippen LogP contribution in [0.5, 0.6) is 11.5 Å². The summed E-state index contributed by atoms with van der Waals surface area (Å²) in [5, 5.41) is 3.15. The van der Waals surface area contributed by atoms with Crippen LogP contribution in [0.3, 0.4) is 0 Å². The fraction of sp³-hybridized carbons (Fsp3) is 0.519. The van der Waals surface area contributed by atoms with E-state index in [-0.39, 0.29) is 41.8 Å². The summed E-state index contributed by atoms with van der Waals surface area (Å²) in [4.78, 5) is 34.6. The number of ether oxygens (including phenoxy) is 3. The number of nitrogens with one attached hydrogen (secondary N) is 1. The molecule has 1 N–H and O–H groups in total. The molecule has 0 atom stereocenters. The van der Waals surface area contributed by atoms with Crippen LogP contribution >= 0.6 is 0 Å². The van der Waals surface area contributed by atoms with E-state index < -0.39 is 20.0 Å². The number of benzene rings is 4. The molecule has 404 valence electrons. The van der Waals surface area contributed by atoms with Crippen molar-refractivity contribution >= 4 is 55.2 Å². The molecule has 0 spiro atoms. The number of likely N-dealkylation sites (N-methyl/N-ethyl adjacent to an activating group) is 1. The van der Waals surface area contributed by atoms with Crippen molar-refractivity contribution in [2.24, 2.45) is 0 Å². The lowest BCUT2D eigenvalue weighted by molar-refractivity contribution is -0.128. The fourth-order valence-corrected chi connectivity index (χ4v) is 12.4. The number of hydrogen-bond donors (Lipinski definition) is 1. The second-order valence-corrected chi connectivity index (χ2v) is 23.1. The van der Waals surface area contributed by atoms with Gasteiger partial charge in [-0.25, -0.2) is 21.1 Å². The number of anilines is 4. The molecule has 0 saturated carbocycles. The number of nitrogens with zero attached hydrogens (tertiary/aromatic N) is 7. The minimum atomic E-state index is -3.74. The minimum Gasteiger partial charge on any atom is -0.497 e. The first-order chi connectivity index (χ1) is 34.5. The number of carbonyl (C=O) groups excluding carboxylic acids is 2. The third-order valence-electron chi connectivity index (χ3n) is 13.8. The quantitative estimate of drug-likeness (QED) is 0.0764. The summed E-state index contributed by atoms with van der Waals surface area (Å²) in [7, 11) is 11.0. The maximum atomic E-state index is 13.2. The van der Waals surface area contributed by atoms with E-state index in [2.05, 4.69) is 94.2 Å². The summed E-state index contributed by atoms with van der Waals surface area (Å²) in [6, 6.07) is 24.9. The Labute approximate surface area is 437 Å². The van der Waals surface area contributed by atoms with E-state index in [4.69, 9.17) is 9.47 Å². The summed E-state index contributed by atoms with van der Waals surface area (Å²) in [6.45, 7) is 11.8. The van der Waals surface area contributed by atoms with Crippen molar-refractivity contribution in [1.82, 2.24) is 18.4 Å². The monoisotopic (exact) mass is 1050 g/mol. The van der Waals surface area contributed by atoms with E-state index in [1.54, 1.807) is 71.0 Å². The number of sulfonamides is 2. The Bertz CT molecular complexity index is 2570. The molecule has 73 heavy (non-hydrogen) atoms. The molecule has 0 bridgehead atoms. The van der Waals surface area contributed by atoms with Gasteiger partial charge in [-0.05, 0) is 177 Å². The van der Waals surface area contributed by atoms with Gasteiger partial charge < -0.3 is 44.0 Å². The third kappa shape index (κ3) is 16.3. The van der Waals surface area contributed by atoms with Crippen molar-refractivity contribution in [3.05, 3.63) is 95.1 Å². The molecule has 0 aromatic heterocycles. The molecule has 2 aliphatic heterocycles. The first-order valence-corrected chi connectivity index (χ1v) is 27.6. The Morgan fingerprint density at radius 1 is 0.616 bits per heavy atom. The van der Waals surface area contributed by atoms with Crippen molar-refractivity contribution in [3.8, 4) is 11.5 Å². The highest BCUT2D eigenvalue weighted by Gasteiger charge is 2.28. The highest BCUT2D eigenvalue weighted by atomic mass is 32.2. The lowest BCUT2D eigenvalue weighted by Gasteiger charge is -2.36. The van der Waals surface area contributed by atoms with Gasteiger partial charge in [0, 0.05) is 109 Å². The molecule has 0 unspecified atom stereocenters. The molecule has 6 rings (SSSR count). The summed E-state index contributed by atoms with van der Waals surface area (Å²) in [5.41, 5.74) is 6.95. The third-order valence-corrected chi connectivity index (χ3v) is 18.1. The Kier molecular flexibility index (Phi) is 22.8. The lowest BCUT2D eigenvalue weighted by atomic mass is 10.0. The standard InChI is InChI=1S/C27H40N4O4S.C14H23N3.C13H19NO5S/c1-20-18-25(35-7)19-21(2)27(20)36(33,34)29(5)15-14-26(32)30(6)23-8-10-24(11-9-23)31-16-12-22(13-17-31)28(3)4;1-15-12-4-6-14(7-5-12)17-10-8-13(9-11-17)16(2)3;1-10-7-12(18-4)8-11(2)13(10)20(16,17)14(3)5-6-19-9-15/h8-11,18-19,22H,12-17H2,1-7H3;4-7,13,15H,8-11H2,1-3H3;7-9H,5-6H2,1-4H3. The topological polar surface area (TPSA) is 165 Å². The van der Waals surface area contributed by atoms with Gasteiger partial charge in [-0.2, -0.15) is 4.31 Å². The van der Waals surface area contributed by atoms with E-state index in [9.17, 15) is 26.4 Å². The number of piperidine rings is 2.